The monoisotopic (exact) mass is 212 g/mol. The Morgan fingerprint density at radius 1 is 1.57 bits per heavy atom. The third-order valence-electron chi connectivity index (χ3n) is 2.22. The van der Waals surface area contributed by atoms with Gasteiger partial charge in [-0.15, -0.1) is 0 Å². The Hall–Kier alpha value is -0.780. The summed E-state index contributed by atoms with van der Waals surface area (Å²) in [5, 5.41) is 8.39. The van der Waals surface area contributed by atoms with Gasteiger partial charge in [0.2, 0.25) is 0 Å². The van der Waals surface area contributed by atoms with Gasteiger partial charge in [-0.2, -0.15) is 13.2 Å². The van der Waals surface area contributed by atoms with Crippen molar-refractivity contribution in [3.8, 4) is 0 Å². The molecule has 1 fully saturated rings. The van der Waals surface area contributed by atoms with Crippen molar-refractivity contribution in [3.05, 3.63) is 0 Å². The molecule has 0 aromatic carbocycles. The Morgan fingerprint density at radius 2 is 2.21 bits per heavy atom. The van der Waals surface area contributed by atoms with Crippen LogP contribution in [-0.4, -0.2) is 30.0 Å². The lowest BCUT2D eigenvalue weighted by Crippen LogP contribution is -2.33. The quantitative estimate of drug-likeness (QED) is 0.776. The molecule has 2 unspecified atom stereocenters. The zero-order valence-corrected chi connectivity index (χ0v) is 7.38. The van der Waals surface area contributed by atoms with Crippen LogP contribution in [0.5, 0.6) is 0 Å². The maximum absolute atomic E-state index is 12.2. The highest BCUT2D eigenvalue weighted by Crippen LogP contribution is 2.32. The van der Waals surface area contributed by atoms with Crippen molar-refractivity contribution in [3.63, 3.8) is 0 Å². The predicted octanol–water partition coefficient (Wildman–Crippen LogP) is 1.82. The maximum atomic E-state index is 12.2. The van der Waals surface area contributed by atoms with Gasteiger partial charge in [-0.25, -0.2) is 0 Å². The maximum Gasteiger partial charge on any atom is 0.402 e. The van der Waals surface area contributed by atoms with E-state index >= 15 is 0 Å². The summed E-state index contributed by atoms with van der Waals surface area (Å²) in [6, 6.07) is 0. The topological polar surface area (TPSA) is 46.5 Å². The van der Waals surface area contributed by atoms with Crippen LogP contribution < -0.4 is 0 Å². The van der Waals surface area contributed by atoms with Crippen LogP contribution in [0.25, 0.3) is 0 Å². The number of halogens is 3. The number of hydrogen-bond donors (Lipinski definition) is 1. The summed E-state index contributed by atoms with van der Waals surface area (Å²) in [5.41, 5.74) is 0. The molecule has 3 nitrogen and oxygen atoms in total. The number of hydrogen-bond acceptors (Lipinski definition) is 2. The van der Waals surface area contributed by atoms with Crippen LogP contribution in [0.2, 0.25) is 0 Å². The minimum Gasteiger partial charge on any atom is -0.481 e. The van der Waals surface area contributed by atoms with Crippen molar-refractivity contribution in [2.45, 2.75) is 31.5 Å². The average Bonchev–Trinajstić information content (AvgIpc) is 2.48. The second kappa shape index (κ2) is 4.16. The van der Waals surface area contributed by atoms with Crippen molar-refractivity contribution >= 4 is 5.97 Å². The van der Waals surface area contributed by atoms with Crippen molar-refractivity contribution in [1.82, 2.24) is 0 Å². The first kappa shape index (κ1) is 11.3. The Morgan fingerprint density at radius 3 is 2.57 bits per heavy atom. The summed E-state index contributed by atoms with van der Waals surface area (Å²) in [5.74, 6) is -4.13. The van der Waals surface area contributed by atoms with E-state index in [-0.39, 0.29) is 0 Å². The second-order valence-corrected chi connectivity index (χ2v) is 3.30. The number of ether oxygens (including phenoxy) is 1. The molecule has 0 aromatic rings. The van der Waals surface area contributed by atoms with Crippen LogP contribution in [0.1, 0.15) is 19.3 Å². The highest BCUT2D eigenvalue weighted by atomic mass is 19.4. The second-order valence-electron chi connectivity index (χ2n) is 3.30. The molecule has 0 spiro atoms. The molecule has 1 N–H and O–H groups in total. The molecule has 0 bridgehead atoms. The number of carbonyl (C=O) groups is 1. The molecule has 0 saturated carbocycles. The van der Waals surface area contributed by atoms with Crippen LogP contribution >= 0.6 is 0 Å². The lowest BCUT2D eigenvalue weighted by molar-refractivity contribution is -0.198. The summed E-state index contributed by atoms with van der Waals surface area (Å²) < 4.78 is 41.5. The highest BCUT2D eigenvalue weighted by Gasteiger charge is 2.46. The van der Waals surface area contributed by atoms with Crippen molar-refractivity contribution in [1.29, 1.82) is 0 Å². The van der Waals surface area contributed by atoms with Crippen molar-refractivity contribution < 1.29 is 27.8 Å². The van der Waals surface area contributed by atoms with Crippen LogP contribution in [0.4, 0.5) is 13.2 Å². The third-order valence-corrected chi connectivity index (χ3v) is 2.22. The molecule has 0 radical (unpaired) electrons. The number of carboxylic acids is 1. The van der Waals surface area contributed by atoms with Gasteiger partial charge in [0.1, 0.15) is 0 Å². The molecule has 14 heavy (non-hydrogen) atoms. The van der Waals surface area contributed by atoms with Gasteiger partial charge in [0, 0.05) is 6.61 Å². The molecule has 1 rings (SSSR count). The van der Waals surface area contributed by atoms with Gasteiger partial charge in [-0.1, -0.05) is 0 Å². The van der Waals surface area contributed by atoms with E-state index in [1.807, 2.05) is 0 Å². The molecule has 6 heteroatoms. The lowest BCUT2D eigenvalue weighted by atomic mass is 9.99. The molecule has 82 valence electrons. The Kier molecular flexibility index (Phi) is 3.36. The van der Waals surface area contributed by atoms with Gasteiger partial charge in [-0.3, -0.25) is 4.79 Å². The Labute approximate surface area is 78.9 Å². The minimum atomic E-state index is -4.68. The van der Waals surface area contributed by atoms with Crippen molar-refractivity contribution in [2.75, 3.05) is 6.61 Å². The molecule has 0 aromatic heterocycles. The van der Waals surface area contributed by atoms with E-state index in [1.165, 1.54) is 0 Å². The molecule has 2 atom stereocenters. The van der Waals surface area contributed by atoms with Crippen LogP contribution in [0.3, 0.4) is 0 Å². The summed E-state index contributed by atoms with van der Waals surface area (Å²) in [7, 11) is 0. The van der Waals surface area contributed by atoms with E-state index < -0.39 is 30.6 Å². The number of carboxylic acid groups (broad SMARTS) is 1. The van der Waals surface area contributed by atoms with E-state index in [9.17, 15) is 18.0 Å². The van der Waals surface area contributed by atoms with Gasteiger partial charge in [0.05, 0.1) is 6.10 Å². The van der Waals surface area contributed by atoms with Gasteiger partial charge in [0.15, 0.2) is 5.92 Å². The average molecular weight is 212 g/mol. The summed E-state index contributed by atoms with van der Waals surface area (Å²) >= 11 is 0. The van der Waals surface area contributed by atoms with Crippen LogP contribution in [0, 0.1) is 5.92 Å². The van der Waals surface area contributed by atoms with E-state index in [0.717, 1.165) is 0 Å². The van der Waals surface area contributed by atoms with Gasteiger partial charge in [0.25, 0.3) is 0 Å². The smallest absolute Gasteiger partial charge is 0.402 e. The van der Waals surface area contributed by atoms with Crippen LogP contribution in [0.15, 0.2) is 0 Å². The number of alkyl halides is 3. The molecule has 0 amide bonds. The van der Waals surface area contributed by atoms with Crippen molar-refractivity contribution in [2.24, 2.45) is 5.92 Å². The first-order valence-electron chi connectivity index (χ1n) is 4.32. The third kappa shape index (κ3) is 2.87. The lowest BCUT2D eigenvalue weighted by Gasteiger charge is -2.18. The molecule has 1 heterocycles. The van der Waals surface area contributed by atoms with E-state index in [1.54, 1.807) is 0 Å². The highest BCUT2D eigenvalue weighted by molar-refractivity contribution is 5.70. The fourth-order valence-corrected chi connectivity index (χ4v) is 1.47. The fourth-order valence-electron chi connectivity index (χ4n) is 1.47. The zero-order valence-electron chi connectivity index (χ0n) is 7.38. The van der Waals surface area contributed by atoms with Gasteiger partial charge >= 0.3 is 12.1 Å². The molecule has 1 saturated heterocycles. The van der Waals surface area contributed by atoms with Gasteiger partial charge in [-0.05, 0) is 19.3 Å². The molecular formula is C8H11F3O3. The summed E-state index contributed by atoms with van der Waals surface area (Å²) in [4.78, 5) is 10.4. The molecule has 1 aliphatic heterocycles. The standard InChI is InChI=1S/C8H11F3O3/c9-8(10,11)6(7(12)13)4-5-2-1-3-14-5/h5-6H,1-4H2,(H,12,13). The fraction of sp³-hybridized carbons (Fsp3) is 0.875. The largest absolute Gasteiger partial charge is 0.481 e. The van der Waals surface area contributed by atoms with E-state index in [0.29, 0.717) is 19.4 Å². The number of rotatable bonds is 3. The number of aliphatic carboxylic acids is 1. The first-order chi connectivity index (χ1) is 6.41. The summed E-state index contributed by atoms with van der Waals surface area (Å²) in [6.45, 7) is 0.425. The Bertz CT molecular complexity index is 208. The molecule has 1 aliphatic rings. The normalized spacial score (nSPS) is 24.9. The van der Waals surface area contributed by atoms with E-state index in [4.69, 9.17) is 9.84 Å². The molecular weight excluding hydrogens is 201 g/mol. The summed E-state index contributed by atoms with van der Waals surface area (Å²) in [6.07, 6.45) is -4.50. The first-order valence-corrected chi connectivity index (χ1v) is 4.32. The minimum absolute atomic E-state index is 0.425. The van der Waals surface area contributed by atoms with Gasteiger partial charge < -0.3 is 9.84 Å². The Balaban J connectivity index is 2.55. The zero-order chi connectivity index (χ0) is 10.8. The SMILES string of the molecule is O=C(O)C(CC1CCCO1)C(F)(F)F. The molecule has 0 aliphatic carbocycles. The van der Waals surface area contributed by atoms with Crippen LogP contribution in [-0.2, 0) is 9.53 Å². The van der Waals surface area contributed by atoms with E-state index in [2.05, 4.69) is 0 Å². The predicted molar refractivity (Wildman–Crippen MR) is 40.8 cm³/mol.